The smallest absolute Gasteiger partial charge is 0.224 e. The summed E-state index contributed by atoms with van der Waals surface area (Å²) in [6.07, 6.45) is 5.19. The first-order chi connectivity index (χ1) is 15.7. The molecule has 0 amide bonds. The van der Waals surface area contributed by atoms with Crippen molar-refractivity contribution in [3.8, 4) is 11.4 Å². The van der Waals surface area contributed by atoms with Gasteiger partial charge in [0.1, 0.15) is 11.6 Å². The van der Waals surface area contributed by atoms with Crippen molar-refractivity contribution in [3.63, 3.8) is 0 Å². The SMILES string of the molecule is CN(c1ccnc(N[C@@H](CCN)Cc2ccccc2)n1)c1ccnc(-c2ccccc2)n1. The molecule has 7 nitrogen and oxygen atoms in total. The Bertz CT molecular complexity index is 1120. The van der Waals surface area contributed by atoms with E-state index in [0.717, 1.165) is 30.0 Å². The van der Waals surface area contributed by atoms with Crippen molar-refractivity contribution >= 4 is 17.6 Å². The number of rotatable bonds is 9. The number of anilines is 3. The van der Waals surface area contributed by atoms with E-state index < -0.39 is 0 Å². The van der Waals surface area contributed by atoms with Crippen LogP contribution >= 0.6 is 0 Å². The molecular formula is C25H27N7. The lowest BCUT2D eigenvalue weighted by Gasteiger charge is -2.21. The molecule has 1 atom stereocenters. The zero-order chi connectivity index (χ0) is 22.2. The van der Waals surface area contributed by atoms with Gasteiger partial charge in [0.15, 0.2) is 5.82 Å². The molecule has 0 saturated heterocycles. The first-order valence-corrected chi connectivity index (χ1v) is 10.7. The quantitative estimate of drug-likeness (QED) is 0.417. The Labute approximate surface area is 188 Å². The van der Waals surface area contributed by atoms with Gasteiger partial charge in [0.2, 0.25) is 5.95 Å². The third-order valence-corrected chi connectivity index (χ3v) is 5.17. The Kier molecular flexibility index (Phi) is 6.99. The van der Waals surface area contributed by atoms with Crippen LogP contribution in [0.15, 0.2) is 85.2 Å². The molecule has 0 radical (unpaired) electrons. The van der Waals surface area contributed by atoms with Crippen LogP contribution in [0.5, 0.6) is 0 Å². The summed E-state index contributed by atoms with van der Waals surface area (Å²) < 4.78 is 0. The van der Waals surface area contributed by atoms with Crippen LogP contribution < -0.4 is 16.0 Å². The van der Waals surface area contributed by atoms with Crippen LogP contribution in [0.1, 0.15) is 12.0 Å². The second-order valence-electron chi connectivity index (χ2n) is 7.51. The molecule has 32 heavy (non-hydrogen) atoms. The summed E-state index contributed by atoms with van der Waals surface area (Å²) in [7, 11) is 1.94. The average molecular weight is 426 g/mol. The van der Waals surface area contributed by atoms with E-state index in [1.54, 1.807) is 12.4 Å². The van der Waals surface area contributed by atoms with Crippen molar-refractivity contribution in [2.45, 2.75) is 18.9 Å². The van der Waals surface area contributed by atoms with E-state index in [9.17, 15) is 0 Å². The first kappa shape index (κ1) is 21.4. The molecule has 0 aliphatic heterocycles. The Balaban J connectivity index is 1.52. The number of nitrogens with one attached hydrogen (secondary N) is 1. The van der Waals surface area contributed by atoms with Crippen molar-refractivity contribution in [1.82, 2.24) is 19.9 Å². The fourth-order valence-electron chi connectivity index (χ4n) is 3.49. The lowest BCUT2D eigenvalue weighted by atomic mass is 10.0. The van der Waals surface area contributed by atoms with Gasteiger partial charge < -0.3 is 16.0 Å². The predicted molar refractivity (Wildman–Crippen MR) is 129 cm³/mol. The maximum atomic E-state index is 5.85. The number of nitrogens with zero attached hydrogens (tertiary/aromatic N) is 5. The van der Waals surface area contributed by atoms with Crippen molar-refractivity contribution in [2.24, 2.45) is 5.73 Å². The fourth-order valence-corrected chi connectivity index (χ4v) is 3.49. The van der Waals surface area contributed by atoms with Crippen LogP contribution in [0.25, 0.3) is 11.4 Å². The van der Waals surface area contributed by atoms with Crippen molar-refractivity contribution in [2.75, 3.05) is 23.8 Å². The molecule has 2 heterocycles. The van der Waals surface area contributed by atoms with Crippen LogP contribution in [0, 0.1) is 0 Å². The predicted octanol–water partition coefficient (Wildman–Crippen LogP) is 4.07. The maximum Gasteiger partial charge on any atom is 0.224 e. The molecule has 3 N–H and O–H groups in total. The van der Waals surface area contributed by atoms with E-state index in [1.807, 2.05) is 72.6 Å². The zero-order valence-corrected chi connectivity index (χ0v) is 18.1. The van der Waals surface area contributed by atoms with E-state index in [4.69, 9.17) is 15.7 Å². The number of hydrogen-bond acceptors (Lipinski definition) is 7. The largest absolute Gasteiger partial charge is 0.351 e. The second-order valence-corrected chi connectivity index (χ2v) is 7.51. The molecule has 2 aromatic heterocycles. The molecule has 2 aromatic carbocycles. The highest BCUT2D eigenvalue weighted by Gasteiger charge is 2.14. The molecule has 0 spiro atoms. The first-order valence-electron chi connectivity index (χ1n) is 10.7. The molecule has 4 aromatic rings. The van der Waals surface area contributed by atoms with Crippen LogP contribution in [-0.4, -0.2) is 39.6 Å². The standard InChI is InChI=1S/C25H27N7/c1-32(22-13-16-27-24(30-22)20-10-6-3-7-11-20)23-14-17-28-25(31-23)29-21(12-15-26)18-19-8-4-2-5-9-19/h2-11,13-14,16-17,21H,12,15,18,26H2,1H3,(H,28,29,31)/t21-/m0/s1. The number of nitrogens with two attached hydrogens (primary N) is 1. The molecular weight excluding hydrogens is 398 g/mol. The van der Waals surface area contributed by atoms with Gasteiger partial charge in [-0.15, -0.1) is 0 Å². The molecule has 0 unspecified atom stereocenters. The van der Waals surface area contributed by atoms with Gasteiger partial charge in [-0.05, 0) is 37.1 Å². The summed E-state index contributed by atoms with van der Waals surface area (Å²) >= 11 is 0. The van der Waals surface area contributed by atoms with E-state index in [0.29, 0.717) is 18.3 Å². The van der Waals surface area contributed by atoms with E-state index in [-0.39, 0.29) is 6.04 Å². The van der Waals surface area contributed by atoms with Gasteiger partial charge in [0, 0.05) is 31.0 Å². The summed E-state index contributed by atoms with van der Waals surface area (Å²) in [5, 5.41) is 3.45. The van der Waals surface area contributed by atoms with Crippen LogP contribution in [0.4, 0.5) is 17.6 Å². The molecule has 0 fully saturated rings. The highest BCUT2D eigenvalue weighted by atomic mass is 15.3. The average Bonchev–Trinajstić information content (AvgIpc) is 2.85. The van der Waals surface area contributed by atoms with Crippen molar-refractivity contribution < 1.29 is 0 Å². The van der Waals surface area contributed by atoms with E-state index >= 15 is 0 Å². The Morgan fingerprint density at radius 2 is 1.50 bits per heavy atom. The Morgan fingerprint density at radius 3 is 2.22 bits per heavy atom. The highest BCUT2D eigenvalue weighted by Crippen LogP contribution is 2.23. The number of hydrogen-bond donors (Lipinski definition) is 2. The summed E-state index contributed by atoms with van der Waals surface area (Å²) in [4.78, 5) is 20.2. The van der Waals surface area contributed by atoms with Gasteiger partial charge in [-0.2, -0.15) is 4.98 Å². The minimum absolute atomic E-state index is 0.145. The molecule has 4 rings (SSSR count). The van der Waals surface area contributed by atoms with Gasteiger partial charge in [-0.25, -0.2) is 15.0 Å². The Morgan fingerprint density at radius 1 is 0.844 bits per heavy atom. The molecule has 0 bridgehead atoms. The van der Waals surface area contributed by atoms with E-state index in [1.165, 1.54) is 5.56 Å². The molecule has 0 aliphatic rings. The van der Waals surface area contributed by atoms with Gasteiger partial charge in [-0.1, -0.05) is 60.7 Å². The normalized spacial score (nSPS) is 11.7. The Hall–Kier alpha value is -3.84. The summed E-state index contributed by atoms with van der Waals surface area (Å²) in [5.74, 6) is 2.74. The monoisotopic (exact) mass is 425 g/mol. The minimum atomic E-state index is 0.145. The zero-order valence-electron chi connectivity index (χ0n) is 18.1. The van der Waals surface area contributed by atoms with Crippen molar-refractivity contribution in [1.29, 1.82) is 0 Å². The van der Waals surface area contributed by atoms with Crippen LogP contribution in [-0.2, 0) is 6.42 Å². The summed E-state index contributed by atoms with van der Waals surface area (Å²) in [5.41, 5.74) is 8.07. The maximum absolute atomic E-state index is 5.85. The fraction of sp³-hybridized carbons (Fsp3) is 0.200. The van der Waals surface area contributed by atoms with Gasteiger partial charge in [-0.3, -0.25) is 0 Å². The lowest BCUT2D eigenvalue weighted by molar-refractivity contribution is 0.651. The minimum Gasteiger partial charge on any atom is -0.351 e. The topological polar surface area (TPSA) is 92.9 Å². The van der Waals surface area contributed by atoms with Gasteiger partial charge in [0.05, 0.1) is 0 Å². The van der Waals surface area contributed by atoms with Crippen molar-refractivity contribution in [3.05, 3.63) is 90.8 Å². The van der Waals surface area contributed by atoms with Crippen LogP contribution in [0.2, 0.25) is 0 Å². The molecule has 162 valence electrons. The number of benzene rings is 2. The second kappa shape index (κ2) is 10.5. The van der Waals surface area contributed by atoms with E-state index in [2.05, 4.69) is 27.4 Å². The molecule has 0 aliphatic carbocycles. The van der Waals surface area contributed by atoms with Gasteiger partial charge >= 0.3 is 0 Å². The highest BCUT2D eigenvalue weighted by molar-refractivity contribution is 5.61. The van der Waals surface area contributed by atoms with Crippen LogP contribution in [0.3, 0.4) is 0 Å². The third kappa shape index (κ3) is 5.44. The third-order valence-electron chi connectivity index (χ3n) is 5.17. The molecule has 0 saturated carbocycles. The molecule has 7 heteroatoms. The van der Waals surface area contributed by atoms with Gasteiger partial charge in [0.25, 0.3) is 0 Å². The number of aromatic nitrogens is 4. The lowest BCUT2D eigenvalue weighted by Crippen LogP contribution is -2.27. The summed E-state index contributed by atoms with van der Waals surface area (Å²) in [6, 6.07) is 24.2. The summed E-state index contributed by atoms with van der Waals surface area (Å²) in [6.45, 7) is 0.591.